The lowest BCUT2D eigenvalue weighted by Crippen LogP contribution is -2.20. The largest absolute Gasteiger partial charge is 0.352 e. The molecule has 0 saturated carbocycles. The van der Waals surface area contributed by atoms with Crippen molar-refractivity contribution in [3.63, 3.8) is 0 Å². The summed E-state index contributed by atoms with van der Waals surface area (Å²) in [6, 6.07) is 18.9. The maximum absolute atomic E-state index is 9.54. The molecule has 0 radical (unpaired) electrons. The summed E-state index contributed by atoms with van der Waals surface area (Å²) in [6.45, 7) is 5.86. The molecule has 26 heavy (non-hydrogen) atoms. The van der Waals surface area contributed by atoms with Crippen LogP contribution in [0.1, 0.15) is 34.7 Å². The highest BCUT2D eigenvalue weighted by Gasteiger charge is 2.28. The van der Waals surface area contributed by atoms with Crippen LogP contribution >= 0.6 is 0 Å². The molecule has 2 aromatic carbocycles. The molecular weight excluding hydrogens is 322 g/mol. The molecule has 1 atom stereocenters. The Bertz CT molecular complexity index is 968. The molecule has 5 nitrogen and oxygen atoms in total. The zero-order valence-corrected chi connectivity index (χ0v) is 15.1. The fourth-order valence-corrected chi connectivity index (χ4v) is 3.67. The van der Waals surface area contributed by atoms with Crippen molar-refractivity contribution < 1.29 is 0 Å². The minimum Gasteiger partial charge on any atom is -0.352 e. The average Bonchev–Trinajstić information content (AvgIpc) is 3.29. The Morgan fingerprint density at radius 2 is 1.88 bits per heavy atom. The van der Waals surface area contributed by atoms with Crippen LogP contribution in [0.15, 0.2) is 48.5 Å². The molecule has 1 aromatic heterocycles. The molecule has 0 N–H and O–H groups in total. The van der Waals surface area contributed by atoms with Gasteiger partial charge in [0.15, 0.2) is 5.82 Å². The molecular formula is C21H21N5. The maximum atomic E-state index is 9.54. The summed E-state index contributed by atoms with van der Waals surface area (Å²) in [5.74, 6) is 1.15. The first-order valence-electron chi connectivity index (χ1n) is 8.90. The van der Waals surface area contributed by atoms with Gasteiger partial charge in [-0.3, -0.25) is 0 Å². The van der Waals surface area contributed by atoms with E-state index in [1.165, 1.54) is 11.1 Å². The SMILES string of the molecule is Cc1ccc(-n2nc(C#N)c(N3CCC(c4ccccc4)C3)n2)c(C)c1. The molecule has 1 unspecified atom stereocenters. The van der Waals surface area contributed by atoms with Crippen molar-refractivity contribution in [1.29, 1.82) is 5.26 Å². The van der Waals surface area contributed by atoms with Gasteiger partial charge >= 0.3 is 0 Å². The number of nitrogens with zero attached hydrogens (tertiary/aromatic N) is 5. The highest BCUT2D eigenvalue weighted by atomic mass is 15.5. The van der Waals surface area contributed by atoms with Crippen LogP contribution in [0.2, 0.25) is 0 Å². The van der Waals surface area contributed by atoms with Crippen molar-refractivity contribution in [3.05, 3.63) is 70.9 Å². The lowest BCUT2D eigenvalue weighted by atomic mass is 9.99. The highest BCUT2D eigenvalue weighted by Crippen LogP contribution is 2.31. The molecule has 5 heteroatoms. The van der Waals surface area contributed by atoms with Crippen LogP contribution in [-0.4, -0.2) is 28.1 Å². The number of anilines is 1. The van der Waals surface area contributed by atoms with E-state index in [0.29, 0.717) is 17.4 Å². The fraction of sp³-hybridized carbons (Fsp3) is 0.286. The van der Waals surface area contributed by atoms with Crippen molar-refractivity contribution in [2.24, 2.45) is 0 Å². The predicted octanol–water partition coefficient (Wildman–Crippen LogP) is 3.75. The number of aryl methyl sites for hydroxylation is 2. The first-order chi connectivity index (χ1) is 12.7. The van der Waals surface area contributed by atoms with Crippen LogP contribution in [-0.2, 0) is 0 Å². The number of aromatic nitrogens is 3. The van der Waals surface area contributed by atoms with Crippen LogP contribution in [0.3, 0.4) is 0 Å². The van der Waals surface area contributed by atoms with Crippen molar-refractivity contribution in [3.8, 4) is 11.8 Å². The molecule has 4 rings (SSSR count). The van der Waals surface area contributed by atoms with Gasteiger partial charge in [-0.05, 0) is 37.5 Å². The minimum atomic E-state index is 0.388. The van der Waals surface area contributed by atoms with Gasteiger partial charge in [-0.2, -0.15) is 5.26 Å². The third kappa shape index (κ3) is 2.95. The normalized spacial score (nSPS) is 16.7. The van der Waals surface area contributed by atoms with Gasteiger partial charge in [-0.25, -0.2) is 0 Å². The zero-order valence-electron chi connectivity index (χ0n) is 15.1. The predicted molar refractivity (Wildman–Crippen MR) is 102 cm³/mol. The van der Waals surface area contributed by atoms with Crippen LogP contribution in [0.5, 0.6) is 0 Å². The molecule has 2 heterocycles. The molecule has 0 spiro atoms. The summed E-state index contributed by atoms with van der Waals surface area (Å²) in [6.07, 6.45) is 1.06. The van der Waals surface area contributed by atoms with E-state index in [-0.39, 0.29) is 0 Å². The van der Waals surface area contributed by atoms with Crippen LogP contribution in [0.4, 0.5) is 5.82 Å². The maximum Gasteiger partial charge on any atom is 0.207 e. The highest BCUT2D eigenvalue weighted by molar-refractivity contribution is 5.52. The molecule has 1 aliphatic heterocycles. The summed E-state index contributed by atoms with van der Waals surface area (Å²) >= 11 is 0. The number of nitriles is 1. The van der Waals surface area contributed by atoms with Crippen LogP contribution in [0.25, 0.3) is 5.69 Å². The van der Waals surface area contributed by atoms with Gasteiger partial charge in [0.2, 0.25) is 5.69 Å². The van der Waals surface area contributed by atoms with Gasteiger partial charge < -0.3 is 4.90 Å². The van der Waals surface area contributed by atoms with E-state index in [1.807, 2.05) is 25.1 Å². The van der Waals surface area contributed by atoms with E-state index in [4.69, 9.17) is 0 Å². The van der Waals surface area contributed by atoms with Gasteiger partial charge in [0.25, 0.3) is 0 Å². The van der Waals surface area contributed by atoms with E-state index in [0.717, 1.165) is 30.8 Å². The van der Waals surface area contributed by atoms with Crippen LogP contribution < -0.4 is 4.90 Å². The third-order valence-corrected chi connectivity index (χ3v) is 5.03. The number of rotatable bonds is 3. The van der Waals surface area contributed by atoms with E-state index >= 15 is 0 Å². The monoisotopic (exact) mass is 343 g/mol. The van der Waals surface area contributed by atoms with Crippen molar-refractivity contribution in [2.75, 3.05) is 18.0 Å². The second-order valence-electron chi connectivity index (χ2n) is 6.91. The average molecular weight is 343 g/mol. The van der Waals surface area contributed by atoms with E-state index in [9.17, 15) is 5.26 Å². The van der Waals surface area contributed by atoms with Gasteiger partial charge in [-0.1, -0.05) is 48.0 Å². The molecule has 0 amide bonds. The molecule has 3 aromatic rings. The summed E-state index contributed by atoms with van der Waals surface area (Å²) in [5.41, 5.74) is 4.94. The van der Waals surface area contributed by atoms with Crippen LogP contribution in [0, 0.1) is 25.2 Å². The second-order valence-corrected chi connectivity index (χ2v) is 6.91. The molecule has 1 aliphatic rings. The Balaban J connectivity index is 1.63. The summed E-state index contributed by atoms with van der Waals surface area (Å²) in [5, 5.41) is 18.6. The summed E-state index contributed by atoms with van der Waals surface area (Å²) in [7, 11) is 0. The molecule has 0 bridgehead atoms. The number of hydrogen-bond acceptors (Lipinski definition) is 4. The Morgan fingerprint density at radius 1 is 1.08 bits per heavy atom. The van der Waals surface area contributed by atoms with Gasteiger partial charge in [-0.15, -0.1) is 15.0 Å². The summed E-state index contributed by atoms with van der Waals surface area (Å²) < 4.78 is 0. The van der Waals surface area contributed by atoms with E-state index in [2.05, 4.69) is 58.4 Å². The molecule has 1 saturated heterocycles. The molecule has 0 aliphatic carbocycles. The zero-order chi connectivity index (χ0) is 18.1. The first kappa shape index (κ1) is 16.3. The number of benzene rings is 2. The van der Waals surface area contributed by atoms with Gasteiger partial charge in [0.05, 0.1) is 5.69 Å². The van der Waals surface area contributed by atoms with Gasteiger partial charge in [0.1, 0.15) is 6.07 Å². The Hall–Kier alpha value is -3.13. The standard InChI is InChI=1S/C21H21N5/c1-15-8-9-20(16(2)12-15)26-23-19(13-22)21(24-26)25-11-10-18(14-25)17-6-4-3-5-7-17/h3-9,12,18H,10-11,14H2,1-2H3. The Morgan fingerprint density at radius 3 is 2.62 bits per heavy atom. The van der Waals surface area contributed by atoms with Gasteiger partial charge in [0, 0.05) is 19.0 Å². The first-order valence-corrected chi connectivity index (χ1v) is 8.90. The second kappa shape index (κ2) is 6.64. The van der Waals surface area contributed by atoms with Crippen molar-refractivity contribution in [1.82, 2.24) is 15.0 Å². The Kier molecular flexibility index (Phi) is 4.18. The lowest BCUT2D eigenvalue weighted by molar-refractivity contribution is 0.736. The summed E-state index contributed by atoms with van der Waals surface area (Å²) in [4.78, 5) is 3.78. The topological polar surface area (TPSA) is 57.7 Å². The lowest BCUT2D eigenvalue weighted by Gasteiger charge is -2.15. The quantitative estimate of drug-likeness (QED) is 0.727. The third-order valence-electron chi connectivity index (χ3n) is 5.03. The van der Waals surface area contributed by atoms with Crippen molar-refractivity contribution in [2.45, 2.75) is 26.2 Å². The molecule has 130 valence electrons. The van der Waals surface area contributed by atoms with Crippen molar-refractivity contribution >= 4 is 5.82 Å². The Labute approximate surface area is 153 Å². The van der Waals surface area contributed by atoms with E-state index in [1.54, 1.807) is 4.80 Å². The van der Waals surface area contributed by atoms with E-state index < -0.39 is 0 Å². The fourth-order valence-electron chi connectivity index (χ4n) is 3.67. The number of hydrogen-bond donors (Lipinski definition) is 0. The molecule has 1 fully saturated rings. The smallest absolute Gasteiger partial charge is 0.207 e. The minimum absolute atomic E-state index is 0.388.